The van der Waals surface area contributed by atoms with Gasteiger partial charge in [0.2, 0.25) is 5.95 Å². The van der Waals surface area contributed by atoms with Gasteiger partial charge in [-0.2, -0.15) is 5.26 Å². The van der Waals surface area contributed by atoms with Crippen molar-refractivity contribution in [2.24, 2.45) is 5.92 Å². The summed E-state index contributed by atoms with van der Waals surface area (Å²) in [7, 11) is 0. The molecule has 0 amide bonds. The second-order valence-electron chi connectivity index (χ2n) is 4.66. The molecular weight excluding hydrogens is 212 g/mol. The van der Waals surface area contributed by atoms with Crippen LogP contribution in [0.1, 0.15) is 44.7 Å². The van der Waals surface area contributed by atoms with E-state index in [-0.39, 0.29) is 0 Å². The zero-order valence-electron chi connectivity index (χ0n) is 10.2. The number of hydrogen-bond acceptors (Lipinski definition) is 4. The SMILES string of the molecule is CCC1CCCC(Nc2nccc(C#N)n2)C1. The molecule has 4 nitrogen and oxygen atoms in total. The van der Waals surface area contributed by atoms with Crippen molar-refractivity contribution in [3.8, 4) is 6.07 Å². The molecule has 1 saturated carbocycles. The summed E-state index contributed by atoms with van der Waals surface area (Å²) in [5.41, 5.74) is 0.422. The average molecular weight is 230 g/mol. The topological polar surface area (TPSA) is 61.6 Å². The van der Waals surface area contributed by atoms with Crippen LogP contribution in [-0.4, -0.2) is 16.0 Å². The summed E-state index contributed by atoms with van der Waals surface area (Å²) < 4.78 is 0. The Hall–Kier alpha value is -1.63. The Balaban J connectivity index is 1.98. The minimum absolute atomic E-state index is 0.422. The average Bonchev–Trinajstić information content (AvgIpc) is 2.39. The van der Waals surface area contributed by atoms with Gasteiger partial charge in [0, 0.05) is 12.2 Å². The highest BCUT2D eigenvalue weighted by molar-refractivity contribution is 5.31. The van der Waals surface area contributed by atoms with Crippen LogP contribution in [0.25, 0.3) is 0 Å². The highest BCUT2D eigenvalue weighted by atomic mass is 15.1. The highest BCUT2D eigenvalue weighted by Crippen LogP contribution is 2.27. The summed E-state index contributed by atoms with van der Waals surface area (Å²) in [6.07, 6.45) is 7.86. The summed E-state index contributed by atoms with van der Waals surface area (Å²) in [5.74, 6) is 1.41. The van der Waals surface area contributed by atoms with Gasteiger partial charge in [0.1, 0.15) is 11.8 Å². The molecule has 1 aromatic rings. The van der Waals surface area contributed by atoms with Gasteiger partial charge in [0.15, 0.2) is 0 Å². The van der Waals surface area contributed by atoms with E-state index in [1.54, 1.807) is 12.3 Å². The van der Waals surface area contributed by atoms with E-state index >= 15 is 0 Å². The van der Waals surface area contributed by atoms with E-state index in [9.17, 15) is 0 Å². The first-order valence-corrected chi connectivity index (χ1v) is 6.31. The lowest BCUT2D eigenvalue weighted by Gasteiger charge is -2.29. The molecule has 1 aliphatic carbocycles. The van der Waals surface area contributed by atoms with Crippen molar-refractivity contribution < 1.29 is 0 Å². The van der Waals surface area contributed by atoms with E-state index in [1.807, 2.05) is 6.07 Å². The highest BCUT2D eigenvalue weighted by Gasteiger charge is 2.21. The van der Waals surface area contributed by atoms with E-state index in [0.29, 0.717) is 17.7 Å². The van der Waals surface area contributed by atoms with Gasteiger partial charge in [-0.15, -0.1) is 0 Å². The zero-order valence-corrected chi connectivity index (χ0v) is 10.2. The van der Waals surface area contributed by atoms with E-state index < -0.39 is 0 Å². The molecule has 17 heavy (non-hydrogen) atoms. The van der Waals surface area contributed by atoms with Crippen LogP contribution in [0.2, 0.25) is 0 Å². The minimum atomic E-state index is 0.422. The van der Waals surface area contributed by atoms with Crippen LogP contribution in [0.5, 0.6) is 0 Å². The number of aromatic nitrogens is 2. The Bertz CT molecular complexity index is 410. The van der Waals surface area contributed by atoms with Gasteiger partial charge < -0.3 is 5.32 Å². The molecule has 0 aliphatic heterocycles. The molecule has 1 heterocycles. The van der Waals surface area contributed by atoms with Gasteiger partial charge in [0.05, 0.1) is 0 Å². The van der Waals surface area contributed by atoms with E-state index in [0.717, 1.165) is 5.92 Å². The minimum Gasteiger partial charge on any atom is -0.351 e. The van der Waals surface area contributed by atoms with Crippen LogP contribution in [0, 0.1) is 17.2 Å². The van der Waals surface area contributed by atoms with Crippen molar-refractivity contribution in [1.29, 1.82) is 5.26 Å². The van der Waals surface area contributed by atoms with Crippen molar-refractivity contribution in [3.05, 3.63) is 18.0 Å². The lowest BCUT2D eigenvalue weighted by atomic mass is 9.84. The molecule has 0 spiro atoms. The molecule has 2 unspecified atom stereocenters. The predicted molar refractivity (Wildman–Crippen MR) is 66.4 cm³/mol. The predicted octanol–water partition coefficient (Wildman–Crippen LogP) is 2.73. The molecular formula is C13H18N4. The van der Waals surface area contributed by atoms with Crippen molar-refractivity contribution in [1.82, 2.24) is 9.97 Å². The lowest BCUT2D eigenvalue weighted by molar-refractivity contribution is 0.326. The molecule has 1 aromatic heterocycles. The summed E-state index contributed by atoms with van der Waals surface area (Å²) in [5, 5.41) is 12.1. The van der Waals surface area contributed by atoms with Crippen molar-refractivity contribution in [3.63, 3.8) is 0 Å². The van der Waals surface area contributed by atoms with Gasteiger partial charge >= 0.3 is 0 Å². The van der Waals surface area contributed by atoms with Gasteiger partial charge in [-0.05, 0) is 24.8 Å². The summed E-state index contributed by atoms with van der Waals surface area (Å²) >= 11 is 0. The van der Waals surface area contributed by atoms with Crippen molar-refractivity contribution >= 4 is 5.95 Å². The van der Waals surface area contributed by atoms with E-state index in [2.05, 4.69) is 22.2 Å². The molecule has 0 bridgehead atoms. The van der Waals surface area contributed by atoms with Crippen molar-refractivity contribution in [2.75, 3.05) is 5.32 Å². The molecule has 2 rings (SSSR count). The molecule has 1 fully saturated rings. The fourth-order valence-electron chi connectivity index (χ4n) is 2.47. The summed E-state index contributed by atoms with van der Waals surface area (Å²) in [6, 6.07) is 4.12. The lowest BCUT2D eigenvalue weighted by Crippen LogP contribution is -2.28. The Labute approximate surface area is 102 Å². The van der Waals surface area contributed by atoms with Crippen LogP contribution in [0.3, 0.4) is 0 Å². The van der Waals surface area contributed by atoms with Crippen LogP contribution >= 0.6 is 0 Å². The third kappa shape index (κ3) is 3.16. The molecule has 90 valence electrons. The molecule has 0 aromatic carbocycles. The van der Waals surface area contributed by atoms with Gasteiger partial charge in [-0.3, -0.25) is 0 Å². The zero-order chi connectivity index (χ0) is 12.1. The maximum atomic E-state index is 8.78. The second-order valence-corrected chi connectivity index (χ2v) is 4.66. The molecule has 1 N–H and O–H groups in total. The van der Waals surface area contributed by atoms with E-state index in [4.69, 9.17) is 5.26 Å². The number of nitriles is 1. The fraction of sp³-hybridized carbons (Fsp3) is 0.615. The van der Waals surface area contributed by atoms with Gasteiger partial charge in [-0.1, -0.05) is 26.2 Å². The van der Waals surface area contributed by atoms with Gasteiger partial charge in [0.25, 0.3) is 0 Å². The van der Waals surface area contributed by atoms with Crippen LogP contribution in [0.4, 0.5) is 5.95 Å². The number of nitrogens with one attached hydrogen (secondary N) is 1. The van der Waals surface area contributed by atoms with E-state index in [1.165, 1.54) is 32.1 Å². The Morgan fingerprint density at radius 3 is 3.18 bits per heavy atom. The van der Waals surface area contributed by atoms with Crippen LogP contribution in [0.15, 0.2) is 12.3 Å². The largest absolute Gasteiger partial charge is 0.351 e. The first-order valence-electron chi connectivity index (χ1n) is 6.31. The normalized spacial score (nSPS) is 24.0. The van der Waals surface area contributed by atoms with Crippen molar-refractivity contribution in [2.45, 2.75) is 45.1 Å². The second kappa shape index (κ2) is 5.62. The maximum Gasteiger partial charge on any atom is 0.224 e. The number of hydrogen-bond donors (Lipinski definition) is 1. The Kier molecular flexibility index (Phi) is 3.92. The molecule has 1 aliphatic rings. The Morgan fingerprint density at radius 2 is 2.41 bits per heavy atom. The molecule has 0 radical (unpaired) electrons. The molecule has 2 atom stereocenters. The monoisotopic (exact) mass is 230 g/mol. The molecule has 0 saturated heterocycles. The molecule has 4 heteroatoms. The quantitative estimate of drug-likeness (QED) is 0.867. The van der Waals surface area contributed by atoms with Crippen LogP contribution < -0.4 is 5.32 Å². The standard InChI is InChI=1S/C13H18N4/c1-2-10-4-3-5-11(8-10)16-13-15-7-6-12(9-14)17-13/h6-7,10-11H,2-5,8H2,1H3,(H,15,16,17). The Morgan fingerprint density at radius 1 is 1.53 bits per heavy atom. The number of nitrogens with zero attached hydrogens (tertiary/aromatic N) is 3. The summed E-state index contributed by atoms with van der Waals surface area (Å²) in [4.78, 5) is 8.31. The number of anilines is 1. The number of rotatable bonds is 3. The first-order chi connectivity index (χ1) is 8.31. The fourth-order valence-corrected chi connectivity index (χ4v) is 2.47. The third-order valence-corrected chi connectivity index (χ3v) is 3.46. The first kappa shape index (κ1) is 11.8. The van der Waals surface area contributed by atoms with Gasteiger partial charge in [-0.25, -0.2) is 9.97 Å². The van der Waals surface area contributed by atoms with Crippen LogP contribution in [-0.2, 0) is 0 Å². The maximum absolute atomic E-state index is 8.78. The summed E-state index contributed by atoms with van der Waals surface area (Å²) in [6.45, 7) is 2.25. The third-order valence-electron chi connectivity index (χ3n) is 3.46. The smallest absolute Gasteiger partial charge is 0.224 e.